The van der Waals surface area contributed by atoms with E-state index >= 15 is 0 Å². The minimum atomic E-state index is -1.06. The molecule has 0 aliphatic heterocycles. The molecule has 1 aliphatic carbocycles. The van der Waals surface area contributed by atoms with Gasteiger partial charge in [-0.15, -0.1) is 0 Å². The fraction of sp³-hybridized carbons (Fsp3) is 0.214. The Morgan fingerprint density at radius 1 is 1.06 bits per heavy atom. The summed E-state index contributed by atoms with van der Waals surface area (Å²) in [6.45, 7) is 2.30. The number of anilines is 1. The first-order valence-electron chi connectivity index (χ1n) is 11.5. The van der Waals surface area contributed by atoms with Crippen molar-refractivity contribution in [1.29, 1.82) is 0 Å². The van der Waals surface area contributed by atoms with Crippen molar-refractivity contribution in [2.75, 3.05) is 5.73 Å². The molecule has 34 heavy (non-hydrogen) atoms. The number of hydrogen-bond acceptors (Lipinski definition) is 4. The Hall–Kier alpha value is -3.90. The number of hydrogen-bond donors (Lipinski definition) is 4. The SMILES string of the molecule is CC(O)(c1ccccc1)c1ccc(C2CC2C(=O)NCc2ccc(-c3cnc(N)[nH]3)cc2)cc1. The minimum absolute atomic E-state index is 0.00674. The van der Waals surface area contributed by atoms with Gasteiger partial charge in [0.25, 0.3) is 0 Å². The molecule has 5 rings (SSSR count). The maximum Gasteiger partial charge on any atom is 0.224 e. The Morgan fingerprint density at radius 2 is 1.74 bits per heavy atom. The van der Waals surface area contributed by atoms with E-state index in [4.69, 9.17) is 5.73 Å². The number of amides is 1. The van der Waals surface area contributed by atoms with Crippen LogP contribution >= 0.6 is 0 Å². The summed E-state index contributed by atoms with van der Waals surface area (Å²) in [6.07, 6.45) is 2.55. The Balaban J connectivity index is 1.16. The van der Waals surface area contributed by atoms with Gasteiger partial charge in [0, 0.05) is 12.5 Å². The van der Waals surface area contributed by atoms with Gasteiger partial charge in [0.2, 0.25) is 5.91 Å². The van der Waals surface area contributed by atoms with Crippen molar-refractivity contribution in [3.8, 4) is 11.3 Å². The van der Waals surface area contributed by atoms with Gasteiger partial charge >= 0.3 is 0 Å². The summed E-state index contributed by atoms with van der Waals surface area (Å²) >= 11 is 0. The van der Waals surface area contributed by atoms with Crippen molar-refractivity contribution in [2.45, 2.75) is 31.4 Å². The van der Waals surface area contributed by atoms with Crippen LogP contribution in [0.3, 0.4) is 0 Å². The van der Waals surface area contributed by atoms with E-state index in [9.17, 15) is 9.90 Å². The highest BCUT2D eigenvalue weighted by atomic mass is 16.3. The van der Waals surface area contributed by atoms with Crippen LogP contribution in [0.15, 0.2) is 85.1 Å². The normalized spacial score (nSPS) is 18.8. The number of carbonyl (C=O) groups is 1. The second-order valence-electron chi connectivity index (χ2n) is 9.11. The number of nitrogen functional groups attached to an aromatic ring is 1. The van der Waals surface area contributed by atoms with Crippen LogP contribution in [0.1, 0.15) is 41.5 Å². The smallest absolute Gasteiger partial charge is 0.224 e. The molecule has 1 heterocycles. The lowest BCUT2D eigenvalue weighted by molar-refractivity contribution is -0.122. The topological polar surface area (TPSA) is 104 Å². The Bertz CT molecular complexity index is 1280. The maximum absolute atomic E-state index is 12.7. The third kappa shape index (κ3) is 4.45. The van der Waals surface area contributed by atoms with E-state index in [0.717, 1.165) is 39.9 Å². The van der Waals surface area contributed by atoms with Crippen LogP contribution in [0.25, 0.3) is 11.3 Å². The fourth-order valence-corrected chi connectivity index (χ4v) is 4.44. The largest absolute Gasteiger partial charge is 0.381 e. The first-order chi connectivity index (χ1) is 16.4. The molecule has 1 aliphatic rings. The lowest BCUT2D eigenvalue weighted by Gasteiger charge is -2.24. The summed E-state index contributed by atoms with van der Waals surface area (Å²) in [6, 6.07) is 25.6. The molecule has 0 saturated heterocycles. The van der Waals surface area contributed by atoms with E-state index < -0.39 is 5.60 Å². The van der Waals surface area contributed by atoms with Crippen LogP contribution in [-0.2, 0) is 16.9 Å². The predicted molar refractivity (Wildman–Crippen MR) is 133 cm³/mol. The molecule has 1 fully saturated rings. The number of aromatic nitrogens is 2. The fourth-order valence-electron chi connectivity index (χ4n) is 4.44. The van der Waals surface area contributed by atoms with Crippen LogP contribution in [0.4, 0.5) is 5.95 Å². The highest BCUT2D eigenvalue weighted by Crippen LogP contribution is 2.48. The van der Waals surface area contributed by atoms with Crippen molar-refractivity contribution >= 4 is 11.9 Å². The molecule has 5 N–H and O–H groups in total. The van der Waals surface area contributed by atoms with Gasteiger partial charge in [0.1, 0.15) is 5.60 Å². The molecule has 1 aromatic heterocycles. The predicted octanol–water partition coefficient (Wildman–Crippen LogP) is 4.33. The lowest BCUT2D eigenvalue weighted by atomic mass is 9.87. The molecular weight excluding hydrogens is 424 g/mol. The molecule has 172 valence electrons. The average molecular weight is 453 g/mol. The van der Waals surface area contributed by atoms with Gasteiger partial charge in [-0.3, -0.25) is 4.79 Å². The van der Waals surface area contributed by atoms with Crippen molar-refractivity contribution < 1.29 is 9.90 Å². The summed E-state index contributed by atoms with van der Waals surface area (Å²) in [4.78, 5) is 19.7. The van der Waals surface area contributed by atoms with Gasteiger partial charge in [0.15, 0.2) is 5.95 Å². The third-order valence-electron chi connectivity index (χ3n) is 6.69. The summed E-state index contributed by atoms with van der Waals surface area (Å²) in [5, 5.41) is 14.1. The van der Waals surface area contributed by atoms with E-state index in [-0.39, 0.29) is 17.7 Å². The molecule has 6 heteroatoms. The highest BCUT2D eigenvalue weighted by Gasteiger charge is 2.43. The molecule has 3 unspecified atom stereocenters. The van der Waals surface area contributed by atoms with Crippen molar-refractivity contribution in [3.63, 3.8) is 0 Å². The minimum Gasteiger partial charge on any atom is -0.381 e. The lowest BCUT2D eigenvalue weighted by Crippen LogP contribution is -2.25. The number of nitrogens with zero attached hydrogens (tertiary/aromatic N) is 1. The van der Waals surface area contributed by atoms with Crippen LogP contribution < -0.4 is 11.1 Å². The highest BCUT2D eigenvalue weighted by molar-refractivity contribution is 5.82. The van der Waals surface area contributed by atoms with Crippen LogP contribution in [-0.4, -0.2) is 21.0 Å². The Morgan fingerprint density at radius 3 is 2.38 bits per heavy atom. The Labute approximate surface area is 198 Å². The number of nitrogens with two attached hydrogens (primary N) is 1. The molecule has 1 saturated carbocycles. The number of aromatic amines is 1. The first-order valence-corrected chi connectivity index (χ1v) is 11.5. The Kier molecular flexibility index (Phi) is 5.67. The number of aliphatic hydroxyl groups is 1. The van der Waals surface area contributed by atoms with E-state index in [0.29, 0.717) is 12.5 Å². The zero-order valence-corrected chi connectivity index (χ0v) is 19.0. The van der Waals surface area contributed by atoms with E-state index in [2.05, 4.69) is 15.3 Å². The second kappa shape index (κ2) is 8.80. The first kappa shape index (κ1) is 21.9. The molecular formula is C28H28N4O2. The number of benzene rings is 3. The standard InChI is InChI=1S/C28H28N4O2/c1-28(34,21-5-3-2-4-6-21)22-13-11-19(12-14-22)23-15-24(23)26(33)30-16-18-7-9-20(10-8-18)25-17-31-27(29)32-25/h2-14,17,23-24,34H,15-16H2,1H3,(H,30,33)(H3,29,31,32). The monoisotopic (exact) mass is 452 g/mol. The number of carbonyl (C=O) groups excluding carboxylic acids is 1. The van der Waals surface area contributed by atoms with E-state index in [1.807, 2.05) is 85.8 Å². The average Bonchev–Trinajstić information content (AvgIpc) is 3.56. The third-order valence-corrected chi connectivity index (χ3v) is 6.69. The van der Waals surface area contributed by atoms with Crippen LogP contribution in [0.5, 0.6) is 0 Å². The summed E-state index contributed by atoms with van der Waals surface area (Å²) < 4.78 is 0. The zero-order chi connectivity index (χ0) is 23.7. The van der Waals surface area contributed by atoms with Crippen molar-refractivity contribution in [1.82, 2.24) is 15.3 Å². The molecule has 3 atom stereocenters. The molecule has 6 nitrogen and oxygen atoms in total. The molecule has 4 aromatic rings. The number of nitrogens with one attached hydrogen (secondary N) is 2. The molecule has 0 spiro atoms. The zero-order valence-electron chi connectivity index (χ0n) is 19.0. The number of imidazole rings is 1. The van der Waals surface area contributed by atoms with Crippen molar-refractivity contribution in [2.24, 2.45) is 5.92 Å². The second-order valence-corrected chi connectivity index (χ2v) is 9.11. The summed E-state index contributed by atoms with van der Waals surface area (Å²) in [5.74, 6) is 0.689. The van der Waals surface area contributed by atoms with Gasteiger partial charge in [-0.05, 0) is 47.1 Å². The van der Waals surface area contributed by atoms with Gasteiger partial charge in [-0.1, -0.05) is 78.9 Å². The van der Waals surface area contributed by atoms with Gasteiger partial charge in [-0.25, -0.2) is 4.98 Å². The van der Waals surface area contributed by atoms with Gasteiger partial charge < -0.3 is 21.1 Å². The molecule has 0 bridgehead atoms. The molecule has 1 amide bonds. The van der Waals surface area contributed by atoms with Gasteiger partial charge in [0.05, 0.1) is 11.9 Å². The van der Waals surface area contributed by atoms with Gasteiger partial charge in [-0.2, -0.15) is 0 Å². The number of rotatable bonds is 7. The van der Waals surface area contributed by atoms with E-state index in [1.54, 1.807) is 6.20 Å². The van der Waals surface area contributed by atoms with Crippen molar-refractivity contribution in [3.05, 3.63) is 107 Å². The van der Waals surface area contributed by atoms with E-state index in [1.165, 1.54) is 0 Å². The quantitative estimate of drug-likeness (QED) is 0.335. The summed E-state index contributed by atoms with van der Waals surface area (Å²) in [7, 11) is 0. The van der Waals surface area contributed by atoms with Crippen LogP contribution in [0.2, 0.25) is 0 Å². The number of H-pyrrole nitrogens is 1. The molecule has 0 radical (unpaired) electrons. The summed E-state index contributed by atoms with van der Waals surface area (Å²) in [5.41, 5.74) is 10.3. The maximum atomic E-state index is 12.7. The van der Waals surface area contributed by atoms with Crippen LogP contribution in [0, 0.1) is 5.92 Å². The molecule has 3 aromatic carbocycles.